The number of ketones is 1. The van der Waals surface area contributed by atoms with E-state index in [-0.39, 0.29) is 11.5 Å². The average molecular weight is 386 g/mol. The van der Waals surface area contributed by atoms with E-state index in [0.29, 0.717) is 5.56 Å². The van der Waals surface area contributed by atoms with Crippen molar-refractivity contribution in [3.63, 3.8) is 0 Å². The molecule has 28 heavy (non-hydrogen) atoms. The Morgan fingerprint density at radius 1 is 1.11 bits per heavy atom. The number of nitrogens with zero attached hydrogens (tertiary/aromatic N) is 2. The third kappa shape index (κ3) is 5.89. The lowest BCUT2D eigenvalue weighted by atomic mass is 10.1. The Kier molecular flexibility index (Phi) is 6.76. The zero-order valence-electron chi connectivity index (χ0n) is 15.9. The quantitative estimate of drug-likeness (QED) is 0.530. The van der Waals surface area contributed by atoms with Crippen molar-refractivity contribution in [2.24, 2.45) is 0 Å². The summed E-state index contributed by atoms with van der Waals surface area (Å²) in [5.74, 6) is -0.249. The van der Waals surface area contributed by atoms with Crippen LogP contribution in [0.25, 0.3) is 0 Å². The van der Waals surface area contributed by atoms with Gasteiger partial charge in [0.1, 0.15) is 5.75 Å². The standard InChI is InChI=1S/C22H24F2N2O2/c1-17-5-7-18(8-6-17)16-26-13-11-25(12-14-26)10-9-21(27)19-3-2-4-20(15-19)28-22(23)24/h2-10,15,22H,11-14,16H2,1H3. The molecule has 0 atom stereocenters. The topological polar surface area (TPSA) is 32.8 Å². The molecule has 4 nitrogen and oxygen atoms in total. The Morgan fingerprint density at radius 3 is 2.50 bits per heavy atom. The predicted molar refractivity (Wildman–Crippen MR) is 105 cm³/mol. The van der Waals surface area contributed by atoms with Gasteiger partial charge in [-0.2, -0.15) is 8.78 Å². The Labute approximate surface area is 164 Å². The summed E-state index contributed by atoms with van der Waals surface area (Å²) in [5, 5.41) is 0. The Hall–Kier alpha value is -2.73. The van der Waals surface area contributed by atoms with Gasteiger partial charge in [-0.3, -0.25) is 9.69 Å². The molecule has 1 saturated heterocycles. The van der Waals surface area contributed by atoms with Crippen LogP contribution in [0.2, 0.25) is 0 Å². The summed E-state index contributed by atoms with van der Waals surface area (Å²) in [6, 6.07) is 14.4. The zero-order chi connectivity index (χ0) is 19.9. The number of halogens is 2. The molecule has 0 radical (unpaired) electrons. The SMILES string of the molecule is Cc1ccc(CN2CCN(C=CC(=O)c3cccc(OC(F)F)c3)CC2)cc1. The highest BCUT2D eigenvalue weighted by molar-refractivity contribution is 6.04. The third-order valence-electron chi connectivity index (χ3n) is 4.71. The van der Waals surface area contributed by atoms with Crippen LogP contribution in [0.1, 0.15) is 21.5 Å². The van der Waals surface area contributed by atoms with Gasteiger partial charge in [0.2, 0.25) is 0 Å². The molecular formula is C22H24F2N2O2. The van der Waals surface area contributed by atoms with E-state index in [4.69, 9.17) is 0 Å². The van der Waals surface area contributed by atoms with Crippen LogP contribution in [0.3, 0.4) is 0 Å². The summed E-state index contributed by atoms with van der Waals surface area (Å²) in [6.07, 6.45) is 3.27. The number of alkyl halides is 2. The van der Waals surface area contributed by atoms with Gasteiger partial charge in [-0.1, -0.05) is 42.0 Å². The molecule has 1 aliphatic heterocycles. The smallest absolute Gasteiger partial charge is 0.387 e. The van der Waals surface area contributed by atoms with Crippen LogP contribution in [-0.4, -0.2) is 48.4 Å². The predicted octanol–water partition coefficient (Wildman–Crippen LogP) is 4.11. The van der Waals surface area contributed by atoms with Crippen molar-refractivity contribution in [1.29, 1.82) is 0 Å². The second-order valence-corrected chi connectivity index (χ2v) is 6.88. The van der Waals surface area contributed by atoms with Crippen LogP contribution in [0.15, 0.2) is 60.8 Å². The molecule has 2 aromatic rings. The fraction of sp³-hybridized carbons (Fsp3) is 0.318. The minimum absolute atomic E-state index is 0.0148. The lowest BCUT2D eigenvalue weighted by Crippen LogP contribution is -2.43. The van der Waals surface area contributed by atoms with Gasteiger partial charge in [0.05, 0.1) is 0 Å². The molecule has 0 aromatic heterocycles. The van der Waals surface area contributed by atoms with Crippen LogP contribution < -0.4 is 4.74 Å². The Balaban J connectivity index is 1.49. The van der Waals surface area contributed by atoms with E-state index in [0.717, 1.165) is 32.7 Å². The van der Waals surface area contributed by atoms with Crippen molar-refractivity contribution in [2.75, 3.05) is 26.2 Å². The van der Waals surface area contributed by atoms with E-state index in [2.05, 4.69) is 45.7 Å². The molecule has 1 aliphatic rings. The average Bonchev–Trinajstić information content (AvgIpc) is 2.69. The number of carbonyl (C=O) groups is 1. The van der Waals surface area contributed by atoms with Crippen LogP contribution in [0.5, 0.6) is 5.75 Å². The highest BCUT2D eigenvalue weighted by Crippen LogP contribution is 2.17. The fourth-order valence-corrected chi connectivity index (χ4v) is 3.12. The van der Waals surface area contributed by atoms with E-state index in [9.17, 15) is 13.6 Å². The van der Waals surface area contributed by atoms with Crippen LogP contribution >= 0.6 is 0 Å². The van der Waals surface area contributed by atoms with Gasteiger partial charge in [0, 0.05) is 50.6 Å². The number of carbonyl (C=O) groups excluding carboxylic acids is 1. The summed E-state index contributed by atoms with van der Waals surface area (Å²) >= 11 is 0. The van der Waals surface area contributed by atoms with Crippen molar-refractivity contribution in [2.45, 2.75) is 20.1 Å². The monoisotopic (exact) mass is 386 g/mol. The molecule has 0 bridgehead atoms. The van der Waals surface area contributed by atoms with E-state index in [1.165, 1.54) is 35.4 Å². The van der Waals surface area contributed by atoms with Gasteiger partial charge in [-0.15, -0.1) is 0 Å². The number of piperazine rings is 1. The molecule has 0 spiro atoms. The molecule has 3 rings (SSSR count). The molecular weight excluding hydrogens is 362 g/mol. The second kappa shape index (κ2) is 9.46. The number of benzene rings is 2. The van der Waals surface area contributed by atoms with Crippen molar-refractivity contribution in [3.8, 4) is 5.75 Å². The maximum absolute atomic E-state index is 12.3. The first-order valence-electron chi connectivity index (χ1n) is 9.29. The fourth-order valence-electron chi connectivity index (χ4n) is 3.12. The highest BCUT2D eigenvalue weighted by Gasteiger charge is 2.15. The number of aryl methyl sites for hydroxylation is 1. The molecule has 0 unspecified atom stereocenters. The normalized spacial score (nSPS) is 15.4. The molecule has 0 saturated carbocycles. The first kappa shape index (κ1) is 20.0. The van der Waals surface area contributed by atoms with E-state index < -0.39 is 6.61 Å². The highest BCUT2D eigenvalue weighted by atomic mass is 19.3. The van der Waals surface area contributed by atoms with Crippen molar-refractivity contribution >= 4 is 5.78 Å². The van der Waals surface area contributed by atoms with Gasteiger partial charge < -0.3 is 9.64 Å². The van der Waals surface area contributed by atoms with Gasteiger partial charge in [-0.05, 0) is 24.6 Å². The number of rotatable bonds is 7. The summed E-state index contributed by atoms with van der Waals surface area (Å²) in [4.78, 5) is 16.8. The number of ether oxygens (including phenoxy) is 1. The van der Waals surface area contributed by atoms with Crippen LogP contribution in [-0.2, 0) is 6.54 Å². The second-order valence-electron chi connectivity index (χ2n) is 6.88. The maximum atomic E-state index is 12.3. The molecule has 2 aromatic carbocycles. The lowest BCUT2D eigenvalue weighted by molar-refractivity contribution is -0.0498. The van der Waals surface area contributed by atoms with Gasteiger partial charge >= 0.3 is 6.61 Å². The Morgan fingerprint density at radius 2 is 1.82 bits per heavy atom. The van der Waals surface area contributed by atoms with Gasteiger partial charge in [-0.25, -0.2) is 0 Å². The summed E-state index contributed by atoms with van der Waals surface area (Å²) in [6.45, 7) is 3.62. The third-order valence-corrected chi connectivity index (χ3v) is 4.71. The van der Waals surface area contributed by atoms with Gasteiger partial charge in [0.25, 0.3) is 0 Å². The lowest BCUT2D eigenvalue weighted by Gasteiger charge is -2.34. The van der Waals surface area contributed by atoms with Crippen LogP contribution in [0.4, 0.5) is 8.78 Å². The number of hydrogen-bond acceptors (Lipinski definition) is 4. The first-order valence-corrected chi connectivity index (χ1v) is 9.29. The van der Waals surface area contributed by atoms with Crippen molar-refractivity contribution in [3.05, 3.63) is 77.5 Å². The van der Waals surface area contributed by atoms with Crippen molar-refractivity contribution in [1.82, 2.24) is 9.80 Å². The van der Waals surface area contributed by atoms with Gasteiger partial charge in [0.15, 0.2) is 5.78 Å². The molecule has 0 aliphatic carbocycles. The molecule has 0 N–H and O–H groups in total. The largest absolute Gasteiger partial charge is 0.435 e. The van der Waals surface area contributed by atoms with Crippen LogP contribution in [0, 0.1) is 6.92 Å². The number of allylic oxidation sites excluding steroid dienone is 1. The summed E-state index contributed by atoms with van der Waals surface area (Å²) < 4.78 is 28.9. The summed E-state index contributed by atoms with van der Waals surface area (Å²) in [5.41, 5.74) is 2.89. The molecule has 0 amide bonds. The zero-order valence-corrected chi connectivity index (χ0v) is 15.9. The minimum Gasteiger partial charge on any atom is -0.435 e. The molecule has 6 heteroatoms. The van der Waals surface area contributed by atoms with Crippen molar-refractivity contribution < 1.29 is 18.3 Å². The molecule has 1 heterocycles. The Bertz CT molecular complexity index is 814. The summed E-state index contributed by atoms with van der Waals surface area (Å²) in [7, 11) is 0. The molecule has 148 valence electrons. The minimum atomic E-state index is -2.91. The first-order chi connectivity index (χ1) is 13.5. The van der Waals surface area contributed by atoms with E-state index in [1.807, 2.05) is 0 Å². The molecule has 1 fully saturated rings. The maximum Gasteiger partial charge on any atom is 0.387 e. The number of hydrogen-bond donors (Lipinski definition) is 0. The van der Waals surface area contributed by atoms with E-state index in [1.54, 1.807) is 12.3 Å². The van der Waals surface area contributed by atoms with E-state index >= 15 is 0 Å².